The summed E-state index contributed by atoms with van der Waals surface area (Å²) in [6, 6.07) is 22.4. The minimum Gasteiger partial charge on any atom is -0.493 e. The van der Waals surface area contributed by atoms with E-state index in [9.17, 15) is 9.59 Å². The highest BCUT2D eigenvalue weighted by Gasteiger charge is 2.14. The van der Waals surface area contributed by atoms with Gasteiger partial charge in [0.15, 0.2) is 17.3 Å². The predicted octanol–water partition coefficient (Wildman–Crippen LogP) is 5.29. The molecular formula is C28H32N2O4. The van der Waals surface area contributed by atoms with Crippen LogP contribution in [-0.4, -0.2) is 49.9 Å². The lowest BCUT2D eigenvalue weighted by Gasteiger charge is -2.19. The zero-order chi connectivity index (χ0) is 24.3. The molecule has 0 spiro atoms. The number of amides is 1. The fourth-order valence-electron chi connectivity index (χ4n) is 3.62. The highest BCUT2D eigenvalue weighted by Crippen LogP contribution is 2.30. The zero-order valence-electron chi connectivity index (χ0n) is 20.0. The Morgan fingerprint density at radius 2 is 1.53 bits per heavy atom. The molecule has 3 rings (SSSR count). The fourth-order valence-corrected chi connectivity index (χ4v) is 3.62. The molecule has 0 radical (unpaired) electrons. The summed E-state index contributed by atoms with van der Waals surface area (Å²) < 4.78 is 11.3. The molecule has 0 heterocycles. The van der Waals surface area contributed by atoms with Gasteiger partial charge in [-0.15, -0.1) is 0 Å². The van der Waals surface area contributed by atoms with Gasteiger partial charge in [-0.2, -0.15) is 0 Å². The van der Waals surface area contributed by atoms with E-state index in [1.807, 2.05) is 42.5 Å². The number of hydrogen-bond acceptors (Lipinski definition) is 5. The number of nitrogens with one attached hydrogen (secondary N) is 1. The third-order valence-corrected chi connectivity index (χ3v) is 5.64. The lowest BCUT2D eigenvalue weighted by molar-refractivity contribution is -0.115. The van der Waals surface area contributed by atoms with Crippen LogP contribution < -0.4 is 14.8 Å². The Morgan fingerprint density at radius 3 is 2.18 bits per heavy atom. The Bertz CT molecular complexity index is 1080. The molecule has 3 aromatic carbocycles. The van der Waals surface area contributed by atoms with Gasteiger partial charge in [-0.1, -0.05) is 68.4 Å². The van der Waals surface area contributed by atoms with Crippen LogP contribution in [0.2, 0.25) is 0 Å². The first-order chi connectivity index (χ1) is 16.5. The van der Waals surface area contributed by atoms with Gasteiger partial charge in [0.2, 0.25) is 5.91 Å². The van der Waals surface area contributed by atoms with Crippen molar-refractivity contribution in [3.05, 3.63) is 78.4 Å². The normalized spacial score (nSPS) is 10.7. The Labute approximate surface area is 201 Å². The van der Waals surface area contributed by atoms with E-state index in [2.05, 4.69) is 24.1 Å². The number of hydrogen-bond donors (Lipinski definition) is 1. The van der Waals surface area contributed by atoms with Gasteiger partial charge in [0.25, 0.3) is 0 Å². The second-order valence-electron chi connectivity index (χ2n) is 7.83. The summed E-state index contributed by atoms with van der Waals surface area (Å²) >= 11 is 0. The SMILES string of the molecule is CCN(CC)CCOc1ccc(NC(=O)CC(=O)c2ccc(-c3ccccc3)cc2)cc1OC. The van der Waals surface area contributed by atoms with Crippen LogP contribution in [0.1, 0.15) is 30.6 Å². The van der Waals surface area contributed by atoms with E-state index in [-0.39, 0.29) is 18.1 Å². The molecule has 1 amide bonds. The zero-order valence-corrected chi connectivity index (χ0v) is 20.0. The van der Waals surface area contributed by atoms with Crippen LogP contribution in [0, 0.1) is 0 Å². The molecule has 0 fully saturated rings. The molecule has 1 N–H and O–H groups in total. The molecule has 3 aromatic rings. The minimum atomic E-state index is -0.380. The van der Waals surface area contributed by atoms with Crippen molar-refractivity contribution >= 4 is 17.4 Å². The maximum absolute atomic E-state index is 12.6. The first-order valence-corrected chi connectivity index (χ1v) is 11.6. The van der Waals surface area contributed by atoms with Gasteiger partial charge in [-0.3, -0.25) is 9.59 Å². The molecule has 6 nitrogen and oxygen atoms in total. The van der Waals surface area contributed by atoms with Crippen molar-refractivity contribution in [3.8, 4) is 22.6 Å². The van der Waals surface area contributed by atoms with E-state index in [0.717, 1.165) is 30.8 Å². The molecule has 178 valence electrons. The van der Waals surface area contributed by atoms with Crippen molar-refractivity contribution < 1.29 is 19.1 Å². The number of ether oxygens (including phenoxy) is 2. The topological polar surface area (TPSA) is 67.9 Å². The quantitative estimate of drug-likeness (QED) is 0.294. The summed E-state index contributed by atoms with van der Waals surface area (Å²) in [6.07, 6.45) is -0.241. The molecule has 0 unspecified atom stereocenters. The number of Topliss-reactive ketones (excluding diaryl/α,β-unsaturated/α-hetero) is 1. The summed E-state index contributed by atoms with van der Waals surface area (Å²) in [5.41, 5.74) is 3.15. The van der Waals surface area contributed by atoms with E-state index in [1.165, 1.54) is 0 Å². The van der Waals surface area contributed by atoms with E-state index in [0.29, 0.717) is 29.4 Å². The van der Waals surface area contributed by atoms with Gasteiger partial charge >= 0.3 is 0 Å². The summed E-state index contributed by atoms with van der Waals surface area (Å²) in [7, 11) is 1.56. The summed E-state index contributed by atoms with van der Waals surface area (Å²) in [5.74, 6) is 0.525. The number of nitrogens with zero attached hydrogens (tertiary/aromatic N) is 1. The molecule has 0 saturated heterocycles. The van der Waals surface area contributed by atoms with Gasteiger partial charge in [0, 0.05) is 23.9 Å². The molecule has 0 atom stereocenters. The van der Waals surface area contributed by atoms with Crippen LogP contribution in [0.4, 0.5) is 5.69 Å². The maximum atomic E-state index is 12.6. The highest BCUT2D eigenvalue weighted by atomic mass is 16.5. The number of ketones is 1. The third kappa shape index (κ3) is 6.93. The molecule has 0 aliphatic heterocycles. The van der Waals surface area contributed by atoms with Crippen molar-refractivity contribution in [1.29, 1.82) is 0 Å². The molecule has 0 saturated carbocycles. The standard InChI is InChI=1S/C28H32N2O4/c1-4-30(5-2)17-18-34-26-16-15-24(19-27(26)33-3)29-28(32)20-25(31)23-13-11-22(12-14-23)21-9-7-6-8-10-21/h6-16,19H,4-5,17-18,20H2,1-3H3,(H,29,32). The van der Waals surface area contributed by atoms with E-state index < -0.39 is 0 Å². The largest absolute Gasteiger partial charge is 0.493 e. The van der Waals surface area contributed by atoms with E-state index >= 15 is 0 Å². The molecule has 0 aliphatic carbocycles. The summed E-state index contributed by atoms with van der Waals surface area (Å²) in [4.78, 5) is 27.3. The predicted molar refractivity (Wildman–Crippen MR) is 136 cm³/mol. The monoisotopic (exact) mass is 460 g/mol. The first-order valence-electron chi connectivity index (χ1n) is 11.6. The number of likely N-dealkylation sites (N-methyl/N-ethyl adjacent to an activating group) is 1. The average Bonchev–Trinajstić information content (AvgIpc) is 2.87. The molecule has 6 heteroatoms. The Hall–Kier alpha value is -3.64. The lowest BCUT2D eigenvalue weighted by Crippen LogP contribution is -2.27. The molecular weight excluding hydrogens is 428 g/mol. The number of benzene rings is 3. The van der Waals surface area contributed by atoms with Gasteiger partial charge in [-0.05, 0) is 36.3 Å². The van der Waals surface area contributed by atoms with Gasteiger partial charge in [0.05, 0.1) is 13.5 Å². The number of carbonyl (C=O) groups is 2. The van der Waals surface area contributed by atoms with Crippen molar-refractivity contribution in [3.63, 3.8) is 0 Å². The van der Waals surface area contributed by atoms with Crippen LogP contribution in [0.5, 0.6) is 11.5 Å². The molecule has 0 bridgehead atoms. The first kappa shape index (κ1) is 25.0. The van der Waals surface area contributed by atoms with E-state index in [1.54, 1.807) is 37.4 Å². The lowest BCUT2D eigenvalue weighted by atomic mass is 10.0. The van der Waals surface area contributed by atoms with Crippen molar-refractivity contribution in [2.24, 2.45) is 0 Å². The Kier molecular flexibility index (Phi) is 9.23. The van der Waals surface area contributed by atoms with Gasteiger partial charge < -0.3 is 19.7 Å². The number of anilines is 1. The van der Waals surface area contributed by atoms with Crippen molar-refractivity contribution in [2.75, 3.05) is 38.7 Å². The smallest absolute Gasteiger partial charge is 0.232 e. The second kappa shape index (κ2) is 12.6. The summed E-state index contributed by atoms with van der Waals surface area (Å²) in [5, 5.41) is 2.77. The Balaban J connectivity index is 1.56. The number of rotatable bonds is 12. The average molecular weight is 461 g/mol. The highest BCUT2D eigenvalue weighted by molar-refractivity contribution is 6.11. The van der Waals surface area contributed by atoms with Gasteiger partial charge in [-0.25, -0.2) is 0 Å². The molecule has 0 aromatic heterocycles. The van der Waals surface area contributed by atoms with Crippen LogP contribution in [0.3, 0.4) is 0 Å². The van der Waals surface area contributed by atoms with Crippen LogP contribution >= 0.6 is 0 Å². The third-order valence-electron chi connectivity index (χ3n) is 5.64. The fraction of sp³-hybridized carbons (Fsp3) is 0.286. The minimum absolute atomic E-state index is 0.236. The van der Waals surface area contributed by atoms with Crippen LogP contribution in [0.25, 0.3) is 11.1 Å². The van der Waals surface area contributed by atoms with Gasteiger partial charge in [0.1, 0.15) is 6.61 Å². The molecule has 0 aliphatic rings. The van der Waals surface area contributed by atoms with Crippen molar-refractivity contribution in [2.45, 2.75) is 20.3 Å². The Morgan fingerprint density at radius 1 is 0.853 bits per heavy atom. The van der Waals surface area contributed by atoms with E-state index in [4.69, 9.17) is 9.47 Å². The van der Waals surface area contributed by atoms with Crippen LogP contribution in [0.15, 0.2) is 72.8 Å². The maximum Gasteiger partial charge on any atom is 0.232 e. The molecule has 34 heavy (non-hydrogen) atoms. The second-order valence-corrected chi connectivity index (χ2v) is 7.83. The van der Waals surface area contributed by atoms with Crippen molar-refractivity contribution in [1.82, 2.24) is 4.90 Å². The van der Waals surface area contributed by atoms with Crippen LogP contribution in [-0.2, 0) is 4.79 Å². The number of methoxy groups -OCH3 is 1. The summed E-state index contributed by atoms with van der Waals surface area (Å²) in [6.45, 7) is 7.54. The number of carbonyl (C=O) groups excluding carboxylic acids is 2.